The van der Waals surface area contributed by atoms with Crippen molar-refractivity contribution in [2.75, 3.05) is 38.3 Å². The number of hydrogen-bond acceptors (Lipinski definition) is 4. The topological polar surface area (TPSA) is 87.2 Å². The fourth-order valence-electron chi connectivity index (χ4n) is 2.66. The van der Waals surface area contributed by atoms with Crippen LogP contribution in [0.1, 0.15) is 29.6 Å². The van der Waals surface area contributed by atoms with Crippen LogP contribution in [-0.4, -0.2) is 61.1 Å². The molecule has 1 N–H and O–H groups in total. The van der Waals surface area contributed by atoms with Gasteiger partial charge in [0.15, 0.2) is 0 Å². The van der Waals surface area contributed by atoms with Crippen LogP contribution < -0.4 is 4.90 Å². The number of amides is 2. The van der Waals surface area contributed by atoms with Crippen molar-refractivity contribution in [2.45, 2.75) is 19.3 Å². The zero-order chi connectivity index (χ0) is 17.5. The summed E-state index contributed by atoms with van der Waals surface area (Å²) in [6.45, 7) is 0.771. The van der Waals surface area contributed by atoms with E-state index in [0.717, 1.165) is 18.5 Å². The number of benzene rings is 1. The average Bonchev–Trinajstić information content (AvgIpc) is 2.58. The van der Waals surface area contributed by atoms with Crippen molar-refractivity contribution in [1.82, 2.24) is 4.90 Å². The standard InChI is InChI=1S/C17H22N2O5/c1-24-11-10-18(12-16(21)22)17(23)13-5-7-14(8-6-13)19-9-3-2-4-15(19)20/h5-8H,2-4,9-12H2,1H3,(H,21,22). The van der Waals surface area contributed by atoms with E-state index in [9.17, 15) is 14.4 Å². The summed E-state index contributed by atoms with van der Waals surface area (Å²) in [5, 5.41) is 8.94. The first-order valence-corrected chi connectivity index (χ1v) is 7.93. The van der Waals surface area contributed by atoms with Crippen LogP contribution in [0.25, 0.3) is 0 Å². The van der Waals surface area contributed by atoms with Crippen LogP contribution in [0, 0.1) is 0 Å². The second-order valence-electron chi connectivity index (χ2n) is 5.66. The maximum Gasteiger partial charge on any atom is 0.323 e. The number of anilines is 1. The maximum atomic E-state index is 12.5. The van der Waals surface area contributed by atoms with Crippen LogP contribution in [-0.2, 0) is 14.3 Å². The molecule has 0 atom stereocenters. The van der Waals surface area contributed by atoms with Gasteiger partial charge in [0.1, 0.15) is 6.54 Å². The summed E-state index contributed by atoms with van der Waals surface area (Å²) in [6, 6.07) is 6.71. The summed E-state index contributed by atoms with van der Waals surface area (Å²) in [7, 11) is 1.49. The average molecular weight is 334 g/mol. The molecule has 1 heterocycles. The summed E-state index contributed by atoms with van der Waals surface area (Å²) in [6.07, 6.45) is 2.43. The first kappa shape index (κ1) is 17.9. The quantitative estimate of drug-likeness (QED) is 0.814. The fourth-order valence-corrected chi connectivity index (χ4v) is 2.66. The SMILES string of the molecule is COCCN(CC(=O)O)C(=O)c1ccc(N2CCCCC2=O)cc1. The van der Waals surface area contributed by atoms with Crippen LogP contribution >= 0.6 is 0 Å². The Kier molecular flexibility index (Phi) is 6.31. The van der Waals surface area contributed by atoms with Crippen molar-refractivity contribution in [3.05, 3.63) is 29.8 Å². The minimum absolute atomic E-state index is 0.0907. The van der Waals surface area contributed by atoms with E-state index in [4.69, 9.17) is 9.84 Å². The Hall–Kier alpha value is -2.41. The minimum Gasteiger partial charge on any atom is -0.480 e. The van der Waals surface area contributed by atoms with Gasteiger partial charge in [-0.2, -0.15) is 0 Å². The summed E-state index contributed by atoms with van der Waals surface area (Å²) in [5.74, 6) is -1.35. The molecule has 130 valence electrons. The highest BCUT2D eigenvalue weighted by Gasteiger charge is 2.21. The van der Waals surface area contributed by atoms with Crippen molar-refractivity contribution in [3.8, 4) is 0 Å². The summed E-state index contributed by atoms with van der Waals surface area (Å²) >= 11 is 0. The van der Waals surface area contributed by atoms with Crippen molar-refractivity contribution in [2.24, 2.45) is 0 Å². The van der Waals surface area contributed by atoms with Gasteiger partial charge in [-0.1, -0.05) is 0 Å². The van der Waals surface area contributed by atoms with Gasteiger partial charge >= 0.3 is 5.97 Å². The molecule has 0 aromatic heterocycles. The number of hydrogen-bond donors (Lipinski definition) is 1. The van der Waals surface area contributed by atoms with Crippen LogP contribution in [0.15, 0.2) is 24.3 Å². The summed E-state index contributed by atoms with van der Waals surface area (Å²) < 4.78 is 4.92. The Balaban J connectivity index is 2.10. The molecule has 2 amide bonds. The number of carbonyl (C=O) groups is 3. The molecule has 0 bridgehead atoms. The Morgan fingerprint density at radius 2 is 1.96 bits per heavy atom. The third kappa shape index (κ3) is 4.55. The van der Waals surface area contributed by atoms with Gasteiger partial charge in [-0.05, 0) is 37.1 Å². The van der Waals surface area contributed by atoms with Crippen LogP contribution in [0.3, 0.4) is 0 Å². The Morgan fingerprint density at radius 1 is 1.25 bits per heavy atom. The molecule has 1 saturated heterocycles. The van der Waals surface area contributed by atoms with Gasteiger partial charge < -0.3 is 19.6 Å². The smallest absolute Gasteiger partial charge is 0.323 e. The Bertz CT molecular complexity index is 600. The number of rotatable bonds is 7. The normalized spacial score (nSPS) is 14.5. The lowest BCUT2D eigenvalue weighted by atomic mass is 10.1. The number of ether oxygens (including phenoxy) is 1. The van der Waals surface area contributed by atoms with Crippen LogP contribution in [0.5, 0.6) is 0 Å². The third-order valence-electron chi connectivity index (χ3n) is 3.93. The van der Waals surface area contributed by atoms with E-state index in [1.807, 2.05) is 0 Å². The van der Waals surface area contributed by atoms with Gasteiger partial charge in [-0.15, -0.1) is 0 Å². The number of carbonyl (C=O) groups excluding carboxylic acids is 2. The molecular weight excluding hydrogens is 312 g/mol. The molecule has 7 heteroatoms. The van der Waals surface area contributed by atoms with Crippen molar-refractivity contribution in [1.29, 1.82) is 0 Å². The van der Waals surface area contributed by atoms with E-state index >= 15 is 0 Å². The maximum absolute atomic E-state index is 12.5. The van der Waals surface area contributed by atoms with E-state index in [1.54, 1.807) is 29.2 Å². The van der Waals surface area contributed by atoms with Gasteiger partial charge in [0.2, 0.25) is 5.91 Å². The van der Waals surface area contributed by atoms with Crippen LogP contribution in [0.4, 0.5) is 5.69 Å². The molecule has 7 nitrogen and oxygen atoms in total. The molecule has 24 heavy (non-hydrogen) atoms. The molecule has 0 spiro atoms. The fraction of sp³-hybridized carbons (Fsp3) is 0.471. The predicted molar refractivity (Wildman–Crippen MR) is 88.1 cm³/mol. The van der Waals surface area contributed by atoms with E-state index in [2.05, 4.69) is 0 Å². The first-order chi connectivity index (χ1) is 11.5. The van der Waals surface area contributed by atoms with E-state index in [1.165, 1.54) is 12.0 Å². The van der Waals surface area contributed by atoms with Gasteiger partial charge in [-0.3, -0.25) is 14.4 Å². The first-order valence-electron chi connectivity index (χ1n) is 7.93. The molecule has 1 aromatic rings. The molecule has 0 aliphatic carbocycles. The monoisotopic (exact) mass is 334 g/mol. The second kappa shape index (κ2) is 8.44. The van der Waals surface area contributed by atoms with Gasteiger partial charge in [-0.25, -0.2) is 0 Å². The number of aliphatic carboxylic acids is 1. The van der Waals surface area contributed by atoms with Gasteiger partial charge in [0.05, 0.1) is 6.61 Å². The zero-order valence-corrected chi connectivity index (χ0v) is 13.7. The molecule has 1 aromatic carbocycles. The summed E-state index contributed by atoms with van der Waals surface area (Å²) in [5.41, 5.74) is 1.15. The van der Waals surface area contributed by atoms with Crippen LogP contribution in [0.2, 0.25) is 0 Å². The number of piperidine rings is 1. The zero-order valence-electron chi connectivity index (χ0n) is 13.7. The Labute approximate surface area is 140 Å². The van der Waals surface area contributed by atoms with Crippen molar-refractivity contribution >= 4 is 23.5 Å². The highest BCUT2D eigenvalue weighted by atomic mass is 16.5. The van der Waals surface area contributed by atoms with Crippen molar-refractivity contribution in [3.63, 3.8) is 0 Å². The molecule has 1 aliphatic heterocycles. The molecule has 0 saturated carbocycles. The van der Waals surface area contributed by atoms with Gasteiger partial charge in [0, 0.05) is 37.9 Å². The number of methoxy groups -OCH3 is 1. The molecule has 1 fully saturated rings. The van der Waals surface area contributed by atoms with Gasteiger partial charge in [0.25, 0.3) is 5.91 Å². The number of carboxylic acids is 1. The highest BCUT2D eigenvalue weighted by Crippen LogP contribution is 2.21. The summed E-state index contributed by atoms with van der Waals surface area (Å²) in [4.78, 5) is 38.3. The number of nitrogens with zero attached hydrogens (tertiary/aromatic N) is 2. The van der Waals surface area contributed by atoms with E-state index in [0.29, 0.717) is 18.5 Å². The lowest BCUT2D eigenvalue weighted by Gasteiger charge is -2.27. The van der Waals surface area contributed by atoms with E-state index < -0.39 is 5.97 Å². The second-order valence-corrected chi connectivity index (χ2v) is 5.66. The number of carboxylic acid groups (broad SMARTS) is 1. The minimum atomic E-state index is -1.07. The Morgan fingerprint density at radius 3 is 2.54 bits per heavy atom. The van der Waals surface area contributed by atoms with E-state index in [-0.39, 0.29) is 31.5 Å². The lowest BCUT2D eigenvalue weighted by molar-refractivity contribution is -0.137. The van der Waals surface area contributed by atoms with Crippen molar-refractivity contribution < 1.29 is 24.2 Å². The molecule has 0 radical (unpaired) electrons. The highest BCUT2D eigenvalue weighted by molar-refractivity contribution is 5.97. The largest absolute Gasteiger partial charge is 0.480 e. The molecule has 0 unspecified atom stereocenters. The lowest BCUT2D eigenvalue weighted by Crippen LogP contribution is -2.38. The third-order valence-corrected chi connectivity index (χ3v) is 3.93. The predicted octanol–water partition coefficient (Wildman–Crippen LogP) is 1.38. The molecular formula is C17H22N2O5. The molecule has 2 rings (SSSR count). The molecule has 1 aliphatic rings.